The summed E-state index contributed by atoms with van der Waals surface area (Å²) >= 11 is 0. The molecule has 1 aliphatic rings. The molecule has 5 nitrogen and oxygen atoms in total. The summed E-state index contributed by atoms with van der Waals surface area (Å²) in [7, 11) is 0. The molecule has 0 aliphatic carbocycles. The number of nitrogen functional groups attached to an aromatic ring is 1. The van der Waals surface area contributed by atoms with Gasteiger partial charge in [0.05, 0.1) is 0 Å². The van der Waals surface area contributed by atoms with Gasteiger partial charge in [-0.25, -0.2) is 4.98 Å². The first kappa shape index (κ1) is 9.64. The molecule has 0 saturated carbocycles. The van der Waals surface area contributed by atoms with Gasteiger partial charge < -0.3 is 5.73 Å². The van der Waals surface area contributed by atoms with Crippen LogP contribution in [0.25, 0.3) is 0 Å². The van der Waals surface area contributed by atoms with E-state index >= 15 is 0 Å². The van der Waals surface area contributed by atoms with E-state index in [0.717, 1.165) is 0 Å². The molecule has 2 N–H and O–H groups in total. The highest BCUT2D eigenvalue weighted by atomic mass is 16.2. The molecule has 2 rings (SSSR count). The summed E-state index contributed by atoms with van der Waals surface area (Å²) in [6.07, 6.45) is 3.80. The number of rotatable bonds is 2. The molecule has 2 heterocycles. The van der Waals surface area contributed by atoms with Crippen molar-refractivity contribution in [3.05, 3.63) is 24.9 Å². The van der Waals surface area contributed by atoms with Crippen molar-refractivity contribution < 1.29 is 4.79 Å². The van der Waals surface area contributed by atoms with Crippen molar-refractivity contribution in [2.24, 2.45) is 5.92 Å². The lowest BCUT2D eigenvalue weighted by Crippen LogP contribution is -2.26. The van der Waals surface area contributed by atoms with Crippen molar-refractivity contribution in [2.75, 3.05) is 17.2 Å². The molecule has 1 aromatic heterocycles. The van der Waals surface area contributed by atoms with E-state index in [1.54, 1.807) is 23.2 Å². The summed E-state index contributed by atoms with van der Waals surface area (Å²) in [6.45, 7) is 4.27. The van der Waals surface area contributed by atoms with Crippen LogP contribution in [0.1, 0.15) is 6.42 Å². The standard InChI is InChI=1S/C10H12N4O/c1-2-7-5-9(15)14(6-7)10-12-4-3-8(11)13-10/h2-4,7H,1,5-6H2,(H2,11,12,13). The van der Waals surface area contributed by atoms with Crippen molar-refractivity contribution >= 4 is 17.7 Å². The summed E-state index contributed by atoms with van der Waals surface area (Å²) < 4.78 is 0. The third-order valence-corrected chi connectivity index (χ3v) is 2.39. The average Bonchev–Trinajstić information content (AvgIpc) is 2.60. The van der Waals surface area contributed by atoms with Crippen molar-refractivity contribution in [3.63, 3.8) is 0 Å². The van der Waals surface area contributed by atoms with Crippen molar-refractivity contribution in [1.82, 2.24) is 9.97 Å². The Morgan fingerprint density at radius 2 is 2.47 bits per heavy atom. The smallest absolute Gasteiger partial charge is 0.234 e. The van der Waals surface area contributed by atoms with Gasteiger partial charge in [0.25, 0.3) is 0 Å². The number of amides is 1. The zero-order chi connectivity index (χ0) is 10.8. The van der Waals surface area contributed by atoms with Crippen LogP contribution in [0.15, 0.2) is 24.9 Å². The topological polar surface area (TPSA) is 72.1 Å². The van der Waals surface area contributed by atoms with Gasteiger partial charge in [-0.1, -0.05) is 6.08 Å². The van der Waals surface area contributed by atoms with Crippen LogP contribution in [-0.4, -0.2) is 22.4 Å². The summed E-state index contributed by atoms with van der Waals surface area (Å²) in [5.41, 5.74) is 5.53. The summed E-state index contributed by atoms with van der Waals surface area (Å²) in [4.78, 5) is 21.2. The van der Waals surface area contributed by atoms with E-state index in [1.165, 1.54) is 0 Å². The highest BCUT2D eigenvalue weighted by molar-refractivity contribution is 5.94. The molecule has 0 spiro atoms. The van der Waals surface area contributed by atoms with E-state index in [4.69, 9.17) is 5.73 Å². The van der Waals surface area contributed by atoms with Crippen LogP contribution < -0.4 is 10.6 Å². The first-order valence-corrected chi connectivity index (χ1v) is 4.72. The van der Waals surface area contributed by atoms with E-state index in [9.17, 15) is 4.79 Å². The fraction of sp³-hybridized carbons (Fsp3) is 0.300. The molecule has 1 aliphatic heterocycles. The Bertz CT molecular complexity index is 404. The number of nitrogens with two attached hydrogens (primary N) is 1. The van der Waals surface area contributed by atoms with Gasteiger partial charge in [-0.05, 0) is 6.07 Å². The summed E-state index contributed by atoms with van der Waals surface area (Å²) in [5.74, 6) is 0.951. The lowest BCUT2D eigenvalue weighted by atomic mass is 10.1. The SMILES string of the molecule is C=CC1CC(=O)N(c2nccc(N)n2)C1. The molecule has 15 heavy (non-hydrogen) atoms. The molecule has 1 unspecified atom stereocenters. The van der Waals surface area contributed by atoms with Gasteiger partial charge in [0.15, 0.2) is 0 Å². The van der Waals surface area contributed by atoms with Crippen LogP contribution in [0, 0.1) is 5.92 Å². The van der Waals surface area contributed by atoms with E-state index in [2.05, 4.69) is 16.5 Å². The monoisotopic (exact) mass is 204 g/mol. The highest BCUT2D eigenvalue weighted by Crippen LogP contribution is 2.22. The van der Waals surface area contributed by atoms with Crippen LogP contribution in [0.5, 0.6) is 0 Å². The largest absolute Gasteiger partial charge is 0.384 e. The van der Waals surface area contributed by atoms with Crippen LogP contribution >= 0.6 is 0 Å². The minimum atomic E-state index is 0.0190. The van der Waals surface area contributed by atoms with Crippen LogP contribution in [0.3, 0.4) is 0 Å². The van der Waals surface area contributed by atoms with E-state index in [1.807, 2.05) is 0 Å². The van der Waals surface area contributed by atoms with Crippen molar-refractivity contribution in [2.45, 2.75) is 6.42 Å². The summed E-state index contributed by atoms with van der Waals surface area (Å²) in [6, 6.07) is 1.59. The molecular formula is C10H12N4O. The van der Waals surface area contributed by atoms with Gasteiger partial charge in [0, 0.05) is 25.1 Å². The van der Waals surface area contributed by atoms with Gasteiger partial charge in [-0.3, -0.25) is 9.69 Å². The van der Waals surface area contributed by atoms with Crippen LogP contribution in [-0.2, 0) is 4.79 Å². The van der Waals surface area contributed by atoms with Gasteiger partial charge in [0.2, 0.25) is 11.9 Å². The third kappa shape index (κ3) is 1.81. The first-order chi connectivity index (χ1) is 7.20. The van der Waals surface area contributed by atoms with Crippen LogP contribution in [0.4, 0.5) is 11.8 Å². The minimum Gasteiger partial charge on any atom is -0.384 e. The number of anilines is 2. The Kier molecular flexibility index (Phi) is 2.37. The molecule has 1 atom stereocenters. The lowest BCUT2D eigenvalue weighted by molar-refractivity contribution is -0.117. The quantitative estimate of drug-likeness (QED) is 0.716. The van der Waals surface area contributed by atoms with E-state index in [-0.39, 0.29) is 11.8 Å². The van der Waals surface area contributed by atoms with Gasteiger partial charge >= 0.3 is 0 Å². The van der Waals surface area contributed by atoms with E-state index in [0.29, 0.717) is 24.7 Å². The van der Waals surface area contributed by atoms with Crippen molar-refractivity contribution in [3.8, 4) is 0 Å². The van der Waals surface area contributed by atoms with Gasteiger partial charge in [-0.2, -0.15) is 4.98 Å². The van der Waals surface area contributed by atoms with Crippen LogP contribution in [0.2, 0.25) is 0 Å². The highest BCUT2D eigenvalue weighted by Gasteiger charge is 2.30. The second-order valence-corrected chi connectivity index (χ2v) is 3.49. The number of nitrogens with zero attached hydrogens (tertiary/aromatic N) is 3. The number of carbonyl (C=O) groups is 1. The second-order valence-electron chi connectivity index (χ2n) is 3.49. The van der Waals surface area contributed by atoms with Gasteiger partial charge in [0.1, 0.15) is 5.82 Å². The summed E-state index contributed by atoms with van der Waals surface area (Å²) in [5, 5.41) is 0. The number of carbonyl (C=O) groups excluding carboxylic acids is 1. The Hall–Kier alpha value is -1.91. The maximum Gasteiger partial charge on any atom is 0.234 e. The maximum absolute atomic E-state index is 11.6. The Morgan fingerprint density at radius 3 is 3.07 bits per heavy atom. The molecule has 0 aromatic carbocycles. The molecule has 0 radical (unpaired) electrons. The average molecular weight is 204 g/mol. The molecule has 0 bridgehead atoms. The predicted molar refractivity (Wildman–Crippen MR) is 57.1 cm³/mol. The second kappa shape index (κ2) is 3.68. The molecule has 1 aromatic rings. The van der Waals surface area contributed by atoms with Gasteiger partial charge in [-0.15, -0.1) is 6.58 Å². The minimum absolute atomic E-state index is 0.0190. The third-order valence-electron chi connectivity index (χ3n) is 2.39. The molecular weight excluding hydrogens is 192 g/mol. The zero-order valence-corrected chi connectivity index (χ0v) is 8.26. The number of aromatic nitrogens is 2. The normalized spacial score (nSPS) is 20.7. The fourth-order valence-corrected chi connectivity index (χ4v) is 1.58. The molecule has 1 amide bonds. The number of hydrogen-bond acceptors (Lipinski definition) is 4. The Morgan fingerprint density at radius 1 is 1.67 bits per heavy atom. The lowest BCUT2D eigenvalue weighted by Gasteiger charge is -2.13. The number of hydrogen-bond donors (Lipinski definition) is 1. The Labute approximate surface area is 87.6 Å². The Balaban J connectivity index is 2.25. The molecule has 1 fully saturated rings. The fourth-order valence-electron chi connectivity index (χ4n) is 1.58. The maximum atomic E-state index is 11.6. The molecule has 1 saturated heterocycles. The van der Waals surface area contributed by atoms with E-state index < -0.39 is 0 Å². The zero-order valence-electron chi connectivity index (χ0n) is 8.26. The van der Waals surface area contributed by atoms with Crippen molar-refractivity contribution in [1.29, 1.82) is 0 Å². The predicted octanol–water partition coefficient (Wildman–Crippen LogP) is 0.598. The molecule has 5 heteroatoms. The first-order valence-electron chi connectivity index (χ1n) is 4.72. The molecule has 78 valence electrons.